The minimum atomic E-state index is -2.99. The third kappa shape index (κ3) is 3.54. The summed E-state index contributed by atoms with van der Waals surface area (Å²) in [6.45, 7) is 1.90. The van der Waals surface area contributed by atoms with E-state index in [9.17, 15) is 8.78 Å². The maximum absolute atomic E-state index is 12.7. The van der Waals surface area contributed by atoms with Crippen molar-refractivity contribution in [1.29, 1.82) is 0 Å². The second kappa shape index (κ2) is 4.30. The summed E-state index contributed by atoms with van der Waals surface area (Å²) in [6.07, 6.45) is 0.00300. The molecule has 0 amide bonds. The molecule has 1 heterocycles. The van der Waals surface area contributed by atoms with Gasteiger partial charge in [0, 0.05) is 13.1 Å². The third-order valence-corrected chi connectivity index (χ3v) is 2.01. The lowest BCUT2D eigenvalue weighted by molar-refractivity contribution is -0.0985. The Kier molecular flexibility index (Phi) is 3.58. The van der Waals surface area contributed by atoms with Gasteiger partial charge in [-0.15, -0.1) is 0 Å². The minimum Gasteiger partial charge on any atom is -0.390 e. The molecule has 1 atom stereocenters. The van der Waals surface area contributed by atoms with E-state index in [4.69, 9.17) is 9.84 Å². The fourth-order valence-electron chi connectivity index (χ4n) is 1.41. The van der Waals surface area contributed by atoms with Crippen LogP contribution in [0.25, 0.3) is 0 Å². The molecule has 1 fully saturated rings. The molecule has 0 bridgehead atoms. The summed E-state index contributed by atoms with van der Waals surface area (Å²) in [6, 6.07) is 0. The van der Waals surface area contributed by atoms with Gasteiger partial charge in [0.15, 0.2) is 0 Å². The molecule has 78 valence electrons. The van der Waals surface area contributed by atoms with Crippen LogP contribution in [0, 0.1) is 0 Å². The molecule has 5 heteroatoms. The van der Waals surface area contributed by atoms with Crippen LogP contribution >= 0.6 is 0 Å². The van der Waals surface area contributed by atoms with Crippen LogP contribution in [0.2, 0.25) is 0 Å². The number of hydrogen-bond donors (Lipinski definition) is 1. The van der Waals surface area contributed by atoms with Gasteiger partial charge in [-0.2, -0.15) is 0 Å². The topological polar surface area (TPSA) is 32.7 Å². The number of halogens is 2. The van der Waals surface area contributed by atoms with Crippen LogP contribution in [0.1, 0.15) is 6.92 Å². The lowest BCUT2D eigenvalue weighted by Gasteiger charge is -2.32. The maximum atomic E-state index is 12.7. The Morgan fingerprint density at radius 2 is 2.31 bits per heavy atom. The molecule has 1 N–H and O–H groups in total. The van der Waals surface area contributed by atoms with E-state index in [-0.39, 0.29) is 12.6 Å². The van der Waals surface area contributed by atoms with Crippen LogP contribution in [0.3, 0.4) is 0 Å². The summed E-state index contributed by atoms with van der Waals surface area (Å²) >= 11 is 0. The van der Waals surface area contributed by atoms with Crippen molar-refractivity contribution in [2.75, 3.05) is 32.8 Å². The second-order valence-corrected chi connectivity index (χ2v) is 3.43. The lowest BCUT2D eigenvalue weighted by atomic mass is 10.2. The monoisotopic (exact) mass is 195 g/mol. The van der Waals surface area contributed by atoms with Crippen molar-refractivity contribution >= 4 is 0 Å². The Balaban J connectivity index is 2.35. The first-order valence-electron chi connectivity index (χ1n) is 4.36. The standard InChI is InChI=1S/C8H15F2NO2/c1-7-4-11(2-3-13-7)5-8(9,10)6-12/h7,12H,2-6H2,1H3. The van der Waals surface area contributed by atoms with E-state index in [1.54, 1.807) is 4.90 Å². The predicted molar refractivity (Wildman–Crippen MR) is 43.9 cm³/mol. The van der Waals surface area contributed by atoms with E-state index in [0.717, 1.165) is 0 Å². The largest absolute Gasteiger partial charge is 0.390 e. The van der Waals surface area contributed by atoms with E-state index in [1.165, 1.54) is 0 Å². The van der Waals surface area contributed by atoms with Crippen LogP contribution in [0.4, 0.5) is 8.78 Å². The molecule has 3 nitrogen and oxygen atoms in total. The number of alkyl halides is 2. The zero-order valence-electron chi connectivity index (χ0n) is 7.67. The van der Waals surface area contributed by atoms with E-state index in [2.05, 4.69) is 0 Å². The van der Waals surface area contributed by atoms with E-state index < -0.39 is 12.5 Å². The Morgan fingerprint density at radius 3 is 2.85 bits per heavy atom. The van der Waals surface area contributed by atoms with Gasteiger partial charge in [0.2, 0.25) is 0 Å². The molecule has 0 aromatic rings. The third-order valence-electron chi connectivity index (χ3n) is 2.01. The summed E-state index contributed by atoms with van der Waals surface area (Å²) < 4.78 is 30.7. The van der Waals surface area contributed by atoms with Crippen LogP contribution in [-0.4, -0.2) is 54.9 Å². The molecule has 1 unspecified atom stereocenters. The molecule has 0 radical (unpaired) electrons. The number of nitrogens with zero attached hydrogens (tertiary/aromatic N) is 1. The molecular weight excluding hydrogens is 180 g/mol. The van der Waals surface area contributed by atoms with Gasteiger partial charge in [-0.1, -0.05) is 0 Å². The zero-order valence-corrected chi connectivity index (χ0v) is 7.67. The van der Waals surface area contributed by atoms with Crippen molar-refractivity contribution in [2.24, 2.45) is 0 Å². The van der Waals surface area contributed by atoms with Crippen molar-refractivity contribution < 1.29 is 18.6 Å². The predicted octanol–water partition coefficient (Wildman–Crippen LogP) is 0.335. The zero-order chi connectivity index (χ0) is 9.90. The number of aliphatic hydroxyl groups is 1. The van der Waals surface area contributed by atoms with Crippen LogP contribution in [0.5, 0.6) is 0 Å². The molecule has 1 rings (SSSR count). The Bertz CT molecular complexity index is 166. The highest BCUT2D eigenvalue weighted by atomic mass is 19.3. The smallest absolute Gasteiger partial charge is 0.283 e. The van der Waals surface area contributed by atoms with Crippen LogP contribution in [0.15, 0.2) is 0 Å². The lowest BCUT2D eigenvalue weighted by Crippen LogP contribution is -2.47. The number of ether oxygens (including phenoxy) is 1. The Labute approximate surface area is 76.3 Å². The second-order valence-electron chi connectivity index (χ2n) is 3.43. The van der Waals surface area contributed by atoms with Crippen molar-refractivity contribution in [2.45, 2.75) is 19.0 Å². The van der Waals surface area contributed by atoms with E-state index in [1.807, 2.05) is 6.92 Å². The van der Waals surface area contributed by atoms with Gasteiger partial charge >= 0.3 is 0 Å². The average molecular weight is 195 g/mol. The summed E-state index contributed by atoms with van der Waals surface area (Å²) in [5.41, 5.74) is 0. The molecule has 0 aromatic carbocycles. The first kappa shape index (κ1) is 10.8. The molecule has 1 saturated heterocycles. The summed E-state index contributed by atoms with van der Waals surface area (Å²) in [7, 11) is 0. The Morgan fingerprint density at radius 1 is 1.62 bits per heavy atom. The number of hydrogen-bond acceptors (Lipinski definition) is 3. The Hall–Kier alpha value is -0.260. The van der Waals surface area contributed by atoms with Gasteiger partial charge in [-0.3, -0.25) is 4.90 Å². The van der Waals surface area contributed by atoms with Crippen molar-refractivity contribution in [3.63, 3.8) is 0 Å². The van der Waals surface area contributed by atoms with Crippen molar-refractivity contribution in [1.82, 2.24) is 4.90 Å². The summed E-state index contributed by atoms with van der Waals surface area (Å²) in [4.78, 5) is 1.62. The molecule has 0 saturated carbocycles. The fourth-order valence-corrected chi connectivity index (χ4v) is 1.41. The molecular formula is C8H15F2NO2. The maximum Gasteiger partial charge on any atom is 0.283 e. The van der Waals surface area contributed by atoms with Gasteiger partial charge in [0.25, 0.3) is 5.92 Å². The van der Waals surface area contributed by atoms with E-state index >= 15 is 0 Å². The molecule has 0 spiro atoms. The average Bonchev–Trinajstić information content (AvgIpc) is 2.03. The van der Waals surface area contributed by atoms with Gasteiger partial charge in [0.05, 0.1) is 19.3 Å². The van der Waals surface area contributed by atoms with Gasteiger partial charge in [-0.25, -0.2) is 8.78 Å². The number of rotatable bonds is 3. The SMILES string of the molecule is CC1CN(CC(F)(F)CO)CCO1. The molecule has 13 heavy (non-hydrogen) atoms. The van der Waals surface area contributed by atoms with Crippen molar-refractivity contribution in [3.05, 3.63) is 0 Å². The molecule has 0 aromatic heterocycles. The number of aliphatic hydroxyl groups excluding tert-OH is 1. The molecule has 0 aliphatic carbocycles. The molecule has 1 aliphatic rings. The highest BCUT2D eigenvalue weighted by Gasteiger charge is 2.32. The van der Waals surface area contributed by atoms with Gasteiger partial charge in [-0.05, 0) is 6.92 Å². The summed E-state index contributed by atoms with van der Waals surface area (Å²) in [5, 5.41) is 8.38. The van der Waals surface area contributed by atoms with E-state index in [0.29, 0.717) is 19.7 Å². The highest BCUT2D eigenvalue weighted by molar-refractivity contribution is 4.75. The van der Waals surface area contributed by atoms with Crippen LogP contribution in [-0.2, 0) is 4.74 Å². The highest BCUT2D eigenvalue weighted by Crippen LogP contribution is 2.16. The molecule has 1 aliphatic heterocycles. The fraction of sp³-hybridized carbons (Fsp3) is 1.00. The summed E-state index contributed by atoms with van der Waals surface area (Å²) in [5.74, 6) is -2.99. The van der Waals surface area contributed by atoms with Crippen LogP contribution < -0.4 is 0 Å². The normalized spacial score (nSPS) is 26.3. The minimum absolute atomic E-state index is 0.00300. The quantitative estimate of drug-likeness (QED) is 0.704. The van der Waals surface area contributed by atoms with Gasteiger partial charge < -0.3 is 9.84 Å². The number of morpholine rings is 1. The first-order chi connectivity index (χ1) is 6.03. The van der Waals surface area contributed by atoms with Crippen molar-refractivity contribution in [3.8, 4) is 0 Å². The first-order valence-corrected chi connectivity index (χ1v) is 4.36. The van der Waals surface area contributed by atoms with Gasteiger partial charge in [0.1, 0.15) is 6.61 Å².